The Morgan fingerprint density at radius 1 is 0.731 bits per heavy atom. The molecule has 6 unspecified atom stereocenters. The number of aliphatic hydroxyl groups excluding tert-OH is 3. The third-order valence-corrected chi connectivity index (χ3v) is 8.67. The summed E-state index contributed by atoms with van der Waals surface area (Å²) in [6.07, 6.45) is 31.0. The first-order valence-corrected chi connectivity index (χ1v) is 20.3. The fraction of sp³-hybridized carbons (Fsp3) is 0.718. The second-order valence-electron chi connectivity index (χ2n) is 12.9. The molecule has 1 heterocycles. The van der Waals surface area contributed by atoms with E-state index < -0.39 is 59.8 Å². The highest BCUT2D eigenvalue weighted by Gasteiger charge is 2.48. The Hall–Kier alpha value is -2.20. The molecule has 1 saturated heterocycles. The van der Waals surface area contributed by atoms with Crippen LogP contribution in [0.15, 0.2) is 60.8 Å². The molecular formula is C39H66O12S. The molecule has 0 aromatic rings. The average Bonchev–Trinajstić information content (AvgIpc) is 3.10. The number of hydrogen-bond acceptors (Lipinski definition) is 11. The lowest BCUT2D eigenvalue weighted by Gasteiger charge is -2.41. The summed E-state index contributed by atoms with van der Waals surface area (Å²) >= 11 is 0. The molecule has 0 radical (unpaired) electrons. The van der Waals surface area contributed by atoms with Crippen molar-refractivity contribution in [2.45, 2.75) is 153 Å². The molecule has 0 saturated carbocycles. The molecule has 12 nitrogen and oxygen atoms in total. The number of hydrogen-bond donors (Lipinski definition) is 4. The zero-order valence-electron chi connectivity index (χ0n) is 31.3. The average molecular weight is 759 g/mol. The number of esters is 1. The van der Waals surface area contributed by atoms with E-state index in [0.29, 0.717) is 6.61 Å². The van der Waals surface area contributed by atoms with Crippen LogP contribution in [-0.4, -0.2) is 97.5 Å². The van der Waals surface area contributed by atoms with Gasteiger partial charge >= 0.3 is 16.4 Å². The van der Waals surface area contributed by atoms with Crippen LogP contribution in [0.2, 0.25) is 0 Å². The molecule has 4 N–H and O–H groups in total. The number of carbonyl (C=O) groups excluding carboxylic acids is 1. The van der Waals surface area contributed by atoms with Crippen LogP contribution in [-0.2, 0) is 38.3 Å². The minimum Gasteiger partial charge on any atom is -0.458 e. The quantitative estimate of drug-likeness (QED) is 0.0258. The van der Waals surface area contributed by atoms with Gasteiger partial charge in [-0.3, -0.25) is 9.35 Å². The van der Waals surface area contributed by atoms with E-state index in [0.717, 1.165) is 57.8 Å². The smallest absolute Gasteiger partial charge is 0.397 e. The van der Waals surface area contributed by atoms with Crippen molar-refractivity contribution in [3.05, 3.63) is 60.8 Å². The minimum absolute atomic E-state index is 0.0144. The summed E-state index contributed by atoms with van der Waals surface area (Å²) in [5, 5.41) is 30.0. The van der Waals surface area contributed by atoms with Crippen LogP contribution >= 0.6 is 0 Å². The van der Waals surface area contributed by atoms with E-state index in [1.54, 1.807) is 0 Å². The van der Waals surface area contributed by atoms with Gasteiger partial charge in [0.15, 0.2) is 6.29 Å². The first-order chi connectivity index (χ1) is 25.1. The van der Waals surface area contributed by atoms with Crippen LogP contribution in [0.4, 0.5) is 0 Å². The van der Waals surface area contributed by atoms with Gasteiger partial charge in [-0.15, -0.1) is 0 Å². The van der Waals surface area contributed by atoms with Crippen molar-refractivity contribution in [3.8, 4) is 0 Å². The molecule has 0 aliphatic carbocycles. The molecule has 1 aliphatic heterocycles. The summed E-state index contributed by atoms with van der Waals surface area (Å²) in [6.45, 7) is 2.80. The van der Waals surface area contributed by atoms with Gasteiger partial charge in [-0.1, -0.05) is 119 Å². The normalized spacial score (nSPS) is 22.2. The van der Waals surface area contributed by atoms with Crippen molar-refractivity contribution >= 4 is 16.4 Å². The summed E-state index contributed by atoms with van der Waals surface area (Å²) in [5.74, 6) is -0.580. The molecule has 1 aliphatic rings. The predicted molar refractivity (Wildman–Crippen MR) is 202 cm³/mol. The van der Waals surface area contributed by atoms with E-state index in [4.69, 9.17) is 23.5 Å². The van der Waals surface area contributed by atoms with Gasteiger partial charge in [0.2, 0.25) is 0 Å². The molecule has 6 atom stereocenters. The second kappa shape index (κ2) is 31.2. The van der Waals surface area contributed by atoms with Crippen LogP contribution < -0.4 is 0 Å². The van der Waals surface area contributed by atoms with Crippen molar-refractivity contribution in [2.24, 2.45) is 0 Å². The van der Waals surface area contributed by atoms with Crippen molar-refractivity contribution in [2.75, 3.05) is 26.4 Å². The predicted octanol–water partition coefficient (Wildman–Crippen LogP) is 6.62. The standard InChI is InChI=1S/C39H66O12S/c1-3-4-5-6-7-8-9-10-11-12-13-14-15-16-17-18-19-20-21-22-23-24-25-26-27-28-29-47-31-34(49-33(2)41)32-48-39-37(43)38(51-52(44,45)46)36(42)35(30-40)50-39/h4-5,7-8,10-11,13-14,16-17,34-40,42-43H,3,6,9,12,15,18-32H2,1-2H3,(H,44,45,46)/b5-4-,8-7-,11-10-,14-13-,17-16-. The lowest BCUT2D eigenvalue weighted by Crippen LogP contribution is -2.60. The Balaban J connectivity index is 2.07. The number of rotatable bonds is 31. The monoisotopic (exact) mass is 758 g/mol. The molecule has 0 aromatic heterocycles. The number of carbonyl (C=O) groups is 1. The summed E-state index contributed by atoms with van der Waals surface area (Å²) in [5.41, 5.74) is 0. The van der Waals surface area contributed by atoms with E-state index >= 15 is 0 Å². The van der Waals surface area contributed by atoms with E-state index in [-0.39, 0.29) is 13.2 Å². The fourth-order valence-corrected chi connectivity index (χ4v) is 5.97. The fourth-order valence-electron chi connectivity index (χ4n) is 5.46. The topological polar surface area (TPSA) is 178 Å². The number of allylic oxidation sites excluding steroid dienone is 10. The van der Waals surface area contributed by atoms with Gasteiger partial charge in [0.25, 0.3) is 0 Å². The maximum atomic E-state index is 11.6. The molecule has 0 spiro atoms. The van der Waals surface area contributed by atoms with Crippen LogP contribution in [0.25, 0.3) is 0 Å². The first kappa shape index (κ1) is 47.8. The van der Waals surface area contributed by atoms with Crippen molar-refractivity contribution in [3.63, 3.8) is 0 Å². The van der Waals surface area contributed by atoms with Crippen LogP contribution in [0.5, 0.6) is 0 Å². The molecule has 52 heavy (non-hydrogen) atoms. The summed E-state index contributed by atoms with van der Waals surface area (Å²) < 4.78 is 57.3. The van der Waals surface area contributed by atoms with Gasteiger partial charge in [0, 0.05) is 13.5 Å². The van der Waals surface area contributed by atoms with E-state index in [9.17, 15) is 28.5 Å². The number of aliphatic hydroxyl groups is 3. The largest absolute Gasteiger partial charge is 0.458 e. The number of unbranched alkanes of at least 4 members (excludes halogenated alkanes) is 10. The molecular weight excluding hydrogens is 692 g/mol. The summed E-state index contributed by atoms with van der Waals surface area (Å²) in [6, 6.07) is 0. The maximum absolute atomic E-state index is 11.6. The molecule has 1 fully saturated rings. The first-order valence-electron chi connectivity index (χ1n) is 19.0. The third-order valence-electron chi connectivity index (χ3n) is 8.20. The van der Waals surface area contributed by atoms with Gasteiger partial charge in [-0.2, -0.15) is 8.42 Å². The van der Waals surface area contributed by atoms with Gasteiger partial charge in [-0.25, -0.2) is 4.18 Å². The summed E-state index contributed by atoms with van der Waals surface area (Å²) in [4.78, 5) is 11.6. The summed E-state index contributed by atoms with van der Waals surface area (Å²) in [7, 11) is -5.04. The van der Waals surface area contributed by atoms with Gasteiger partial charge in [0.05, 0.1) is 19.8 Å². The Bertz CT molecular complexity index is 1150. The third kappa shape index (κ3) is 25.7. The van der Waals surface area contributed by atoms with Crippen LogP contribution in [0.3, 0.4) is 0 Å². The van der Waals surface area contributed by atoms with Gasteiger partial charge in [-0.05, 0) is 51.4 Å². The lowest BCUT2D eigenvalue weighted by atomic mass is 9.99. The highest BCUT2D eigenvalue weighted by molar-refractivity contribution is 7.80. The highest BCUT2D eigenvalue weighted by Crippen LogP contribution is 2.26. The molecule has 0 aromatic carbocycles. The zero-order valence-corrected chi connectivity index (χ0v) is 32.2. The Morgan fingerprint density at radius 3 is 1.73 bits per heavy atom. The SMILES string of the molecule is CC/C=C\C/C=C\C/C=C\C/C=C\C/C=C\CCCCCCCCCCCCOCC(COC1OC(CO)C(O)C(OS(=O)(=O)O)C1O)OC(C)=O. The second-order valence-corrected chi connectivity index (χ2v) is 13.9. The lowest BCUT2D eigenvalue weighted by molar-refractivity contribution is -0.301. The van der Waals surface area contributed by atoms with Gasteiger partial charge < -0.3 is 34.3 Å². The molecule has 13 heteroatoms. The molecule has 1 rings (SSSR count). The molecule has 300 valence electrons. The van der Waals surface area contributed by atoms with E-state index in [2.05, 4.69) is 71.9 Å². The Kier molecular flexibility index (Phi) is 28.7. The molecule has 0 bridgehead atoms. The molecule has 0 amide bonds. The number of ether oxygens (including phenoxy) is 4. The van der Waals surface area contributed by atoms with Crippen molar-refractivity contribution in [1.29, 1.82) is 0 Å². The Morgan fingerprint density at radius 2 is 1.23 bits per heavy atom. The van der Waals surface area contributed by atoms with E-state index in [1.807, 2.05) is 0 Å². The minimum atomic E-state index is -5.04. The maximum Gasteiger partial charge on any atom is 0.397 e. The Labute approximate surface area is 312 Å². The zero-order chi connectivity index (χ0) is 38.3. The van der Waals surface area contributed by atoms with Crippen LogP contribution in [0.1, 0.15) is 117 Å². The van der Waals surface area contributed by atoms with Crippen LogP contribution in [0, 0.1) is 0 Å². The van der Waals surface area contributed by atoms with Crippen molar-refractivity contribution in [1.82, 2.24) is 0 Å². The van der Waals surface area contributed by atoms with E-state index in [1.165, 1.54) is 51.9 Å². The highest BCUT2D eigenvalue weighted by atomic mass is 32.3. The van der Waals surface area contributed by atoms with Crippen molar-refractivity contribution < 1.29 is 56.2 Å². The van der Waals surface area contributed by atoms with Gasteiger partial charge in [0.1, 0.15) is 30.5 Å².